The van der Waals surface area contributed by atoms with Crippen LogP contribution in [0, 0.1) is 0 Å². The molecule has 0 spiro atoms. The first kappa shape index (κ1) is 10.9. The molecule has 2 rings (SSSR count). The second-order valence-electron chi connectivity index (χ2n) is 3.37. The highest BCUT2D eigenvalue weighted by Crippen LogP contribution is 2.19. The van der Waals surface area contributed by atoms with E-state index < -0.39 is 0 Å². The Morgan fingerprint density at radius 1 is 1.44 bits per heavy atom. The summed E-state index contributed by atoms with van der Waals surface area (Å²) in [5, 5.41) is 7.91. The fourth-order valence-corrected chi connectivity index (χ4v) is 1.59. The maximum Gasteiger partial charge on any atom is 0.135 e. The molecule has 0 saturated heterocycles. The SMILES string of the molecule is CCc1nn(C)cc1Nc1cc(Cl)ncn1. The summed E-state index contributed by atoms with van der Waals surface area (Å²) in [7, 11) is 1.89. The molecule has 0 radical (unpaired) electrons. The third-order valence-electron chi connectivity index (χ3n) is 2.14. The molecule has 0 bridgehead atoms. The first-order valence-corrected chi connectivity index (χ1v) is 5.34. The fourth-order valence-electron chi connectivity index (χ4n) is 1.44. The number of rotatable bonds is 3. The van der Waals surface area contributed by atoms with Gasteiger partial charge in [0.1, 0.15) is 17.3 Å². The second kappa shape index (κ2) is 4.49. The topological polar surface area (TPSA) is 55.6 Å². The Balaban J connectivity index is 2.26. The van der Waals surface area contributed by atoms with Gasteiger partial charge in [-0.2, -0.15) is 5.10 Å². The van der Waals surface area contributed by atoms with E-state index in [1.165, 1.54) is 6.33 Å². The van der Waals surface area contributed by atoms with Gasteiger partial charge in [-0.3, -0.25) is 4.68 Å². The lowest BCUT2D eigenvalue weighted by atomic mass is 10.3. The first-order valence-electron chi connectivity index (χ1n) is 4.96. The quantitative estimate of drug-likeness (QED) is 0.832. The number of aryl methyl sites for hydroxylation is 2. The van der Waals surface area contributed by atoms with Gasteiger partial charge in [0.05, 0.1) is 11.4 Å². The summed E-state index contributed by atoms with van der Waals surface area (Å²) in [5.41, 5.74) is 1.94. The van der Waals surface area contributed by atoms with Gasteiger partial charge in [-0.25, -0.2) is 9.97 Å². The monoisotopic (exact) mass is 237 g/mol. The van der Waals surface area contributed by atoms with Crippen molar-refractivity contribution < 1.29 is 0 Å². The van der Waals surface area contributed by atoms with E-state index >= 15 is 0 Å². The summed E-state index contributed by atoms with van der Waals surface area (Å²) < 4.78 is 1.77. The Hall–Kier alpha value is -1.62. The van der Waals surface area contributed by atoms with Crippen LogP contribution >= 0.6 is 11.6 Å². The van der Waals surface area contributed by atoms with Crippen molar-refractivity contribution in [3.05, 3.63) is 29.4 Å². The van der Waals surface area contributed by atoms with Crippen molar-refractivity contribution in [2.24, 2.45) is 7.05 Å². The fraction of sp³-hybridized carbons (Fsp3) is 0.300. The normalized spacial score (nSPS) is 10.4. The van der Waals surface area contributed by atoms with Gasteiger partial charge in [-0.05, 0) is 6.42 Å². The summed E-state index contributed by atoms with van der Waals surface area (Å²) in [5.74, 6) is 0.669. The minimum Gasteiger partial charge on any atom is -0.337 e. The number of hydrogen-bond donors (Lipinski definition) is 1. The van der Waals surface area contributed by atoms with Gasteiger partial charge in [0.2, 0.25) is 0 Å². The van der Waals surface area contributed by atoms with Gasteiger partial charge >= 0.3 is 0 Å². The number of nitrogens with zero attached hydrogens (tertiary/aromatic N) is 4. The molecule has 16 heavy (non-hydrogen) atoms. The minimum absolute atomic E-state index is 0.416. The van der Waals surface area contributed by atoms with Crippen molar-refractivity contribution >= 4 is 23.1 Å². The van der Waals surface area contributed by atoms with Gasteiger partial charge in [0.25, 0.3) is 0 Å². The van der Waals surface area contributed by atoms with E-state index in [1.54, 1.807) is 10.7 Å². The minimum atomic E-state index is 0.416. The predicted octanol–water partition coefficient (Wildman–Crippen LogP) is 2.17. The molecule has 0 aliphatic heterocycles. The van der Waals surface area contributed by atoms with Gasteiger partial charge in [-0.15, -0.1) is 0 Å². The van der Waals surface area contributed by atoms with Crippen LogP contribution in [0.3, 0.4) is 0 Å². The highest BCUT2D eigenvalue weighted by Gasteiger charge is 2.06. The molecular weight excluding hydrogens is 226 g/mol. The lowest BCUT2D eigenvalue weighted by Crippen LogP contribution is -1.95. The highest BCUT2D eigenvalue weighted by atomic mass is 35.5. The molecule has 2 aromatic rings. The molecule has 0 atom stereocenters. The van der Waals surface area contributed by atoms with E-state index in [0.29, 0.717) is 11.0 Å². The molecule has 2 aromatic heterocycles. The lowest BCUT2D eigenvalue weighted by molar-refractivity contribution is 0.746. The molecule has 0 aliphatic carbocycles. The van der Waals surface area contributed by atoms with E-state index in [2.05, 4.69) is 27.3 Å². The number of anilines is 2. The molecule has 0 aliphatic rings. The van der Waals surface area contributed by atoms with Crippen molar-refractivity contribution in [2.45, 2.75) is 13.3 Å². The number of hydrogen-bond acceptors (Lipinski definition) is 4. The van der Waals surface area contributed by atoms with Crippen molar-refractivity contribution in [3.8, 4) is 0 Å². The lowest BCUT2D eigenvalue weighted by Gasteiger charge is -2.03. The molecule has 0 aromatic carbocycles. The van der Waals surface area contributed by atoms with E-state index in [4.69, 9.17) is 11.6 Å². The zero-order valence-corrected chi connectivity index (χ0v) is 9.86. The van der Waals surface area contributed by atoms with E-state index in [-0.39, 0.29) is 0 Å². The average Bonchev–Trinajstić information content (AvgIpc) is 2.59. The van der Waals surface area contributed by atoms with Gasteiger partial charge < -0.3 is 5.32 Å². The Morgan fingerprint density at radius 3 is 2.94 bits per heavy atom. The van der Waals surface area contributed by atoms with Crippen LogP contribution in [0.2, 0.25) is 5.15 Å². The van der Waals surface area contributed by atoms with Crippen molar-refractivity contribution in [2.75, 3.05) is 5.32 Å². The summed E-state index contributed by atoms with van der Waals surface area (Å²) >= 11 is 5.78. The largest absolute Gasteiger partial charge is 0.337 e. The molecule has 84 valence electrons. The first-order chi connectivity index (χ1) is 7.69. The highest BCUT2D eigenvalue weighted by molar-refractivity contribution is 6.29. The smallest absolute Gasteiger partial charge is 0.135 e. The van der Waals surface area contributed by atoms with Gasteiger partial charge in [0.15, 0.2) is 0 Å². The molecule has 6 heteroatoms. The van der Waals surface area contributed by atoms with Crippen LogP contribution in [0.4, 0.5) is 11.5 Å². The maximum absolute atomic E-state index is 5.78. The number of nitrogens with one attached hydrogen (secondary N) is 1. The van der Waals surface area contributed by atoms with Crippen molar-refractivity contribution in [3.63, 3.8) is 0 Å². The third kappa shape index (κ3) is 2.30. The third-order valence-corrected chi connectivity index (χ3v) is 2.34. The standard InChI is InChI=1S/C10H12ClN5/c1-3-7-8(5-16(2)15-7)14-10-4-9(11)12-6-13-10/h4-6H,3H2,1-2H3,(H,12,13,14). The molecule has 0 fully saturated rings. The van der Waals surface area contributed by atoms with E-state index in [0.717, 1.165) is 17.8 Å². The summed E-state index contributed by atoms with van der Waals surface area (Å²) in [6.45, 7) is 2.06. The van der Waals surface area contributed by atoms with Crippen molar-refractivity contribution in [1.29, 1.82) is 0 Å². The van der Waals surface area contributed by atoms with Crippen LogP contribution in [0.5, 0.6) is 0 Å². The summed E-state index contributed by atoms with van der Waals surface area (Å²) in [6.07, 6.45) is 4.20. The van der Waals surface area contributed by atoms with Crippen molar-refractivity contribution in [1.82, 2.24) is 19.7 Å². The van der Waals surface area contributed by atoms with Gasteiger partial charge in [-0.1, -0.05) is 18.5 Å². The zero-order chi connectivity index (χ0) is 11.5. The molecule has 0 saturated carbocycles. The summed E-state index contributed by atoms with van der Waals surface area (Å²) in [6, 6.07) is 1.67. The molecule has 2 heterocycles. The number of aromatic nitrogens is 4. The van der Waals surface area contributed by atoms with Crippen LogP contribution in [-0.2, 0) is 13.5 Å². The zero-order valence-electron chi connectivity index (χ0n) is 9.11. The van der Waals surface area contributed by atoms with Crippen LogP contribution in [0.1, 0.15) is 12.6 Å². The average molecular weight is 238 g/mol. The van der Waals surface area contributed by atoms with E-state index in [1.807, 2.05) is 13.2 Å². The number of halogens is 1. The second-order valence-corrected chi connectivity index (χ2v) is 3.75. The molecule has 5 nitrogen and oxygen atoms in total. The molecule has 0 amide bonds. The Bertz CT molecular complexity index is 494. The maximum atomic E-state index is 5.78. The van der Waals surface area contributed by atoms with Crippen LogP contribution in [-0.4, -0.2) is 19.7 Å². The van der Waals surface area contributed by atoms with Crippen LogP contribution in [0.25, 0.3) is 0 Å². The van der Waals surface area contributed by atoms with E-state index in [9.17, 15) is 0 Å². The Labute approximate surface area is 98.5 Å². The van der Waals surface area contributed by atoms with Crippen LogP contribution in [0.15, 0.2) is 18.6 Å². The van der Waals surface area contributed by atoms with Gasteiger partial charge in [0, 0.05) is 19.3 Å². The molecule has 0 unspecified atom stereocenters. The Kier molecular flexibility index (Phi) is 3.05. The summed E-state index contributed by atoms with van der Waals surface area (Å²) in [4.78, 5) is 7.90. The Morgan fingerprint density at radius 2 is 2.25 bits per heavy atom. The molecular formula is C10H12ClN5. The molecule has 1 N–H and O–H groups in total. The predicted molar refractivity (Wildman–Crippen MR) is 62.9 cm³/mol. The van der Waals surface area contributed by atoms with Crippen LogP contribution < -0.4 is 5.32 Å².